The van der Waals surface area contributed by atoms with Crippen molar-refractivity contribution in [1.82, 2.24) is 0 Å². The van der Waals surface area contributed by atoms with Crippen molar-refractivity contribution in [2.24, 2.45) is 0 Å². The highest BCUT2D eigenvalue weighted by Crippen LogP contribution is 2.45. The number of methoxy groups -OCH3 is 1. The predicted molar refractivity (Wildman–Crippen MR) is 107 cm³/mol. The van der Waals surface area contributed by atoms with Gasteiger partial charge in [0.25, 0.3) is 0 Å². The van der Waals surface area contributed by atoms with Crippen molar-refractivity contribution >= 4 is 17.3 Å². The summed E-state index contributed by atoms with van der Waals surface area (Å²) in [7, 11) is 1.40. The van der Waals surface area contributed by atoms with Gasteiger partial charge in [-0.25, -0.2) is 0 Å². The summed E-state index contributed by atoms with van der Waals surface area (Å²) in [5, 5.41) is 21.9. The number of carbonyl (C=O) groups is 3. The van der Waals surface area contributed by atoms with E-state index in [2.05, 4.69) is 0 Å². The van der Waals surface area contributed by atoms with Crippen LogP contribution in [0.3, 0.4) is 0 Å². The number of aromatic hydroxyl groups is 2. The molecule has 1 aliphatic carbocycles. The molecule has 152 valence electrons. The molecule has 0 amide bonds. The molecule has 29 heavy (non-hydrogen) atoms. The number of rotatable bonds is 7. The molecular weight excluding hydrogens is 372 g/mol. The SMILES string of the molecule is CCCc1c(O)c2c(c(O)c1CCC(=O)CC)C(=O)c1cccc(OC)c1C2=O. The number of phenols is 2. The first kappa shape index (κ1) is 20.6. The number of benzene rings is 2. The van der Waals surface area contributed by atoms with Crippen molar-refractivity contribution in [3.05, 3.63) is 51.6 Å². The van der Waals surface area contributed by atoms with E-state index in [4.69, 9.17) is 4.74 Å². The topological polar surface area (TPSA) is 101 Å². The Morgan fingerprint density at radius 3 is 2.14 bits per heavy atom. The standard InChI is InChI=1S/C23H24O6/c1-4-7-13-14(11-10-12(24)5-2)21(26)18-19(20(13)25)23(28)17-15(22(18)27)8-6-9-16(17)29-3/h6,8-9,25-26H,4-5,7,10-11H2,1-3H3. The largest absolute Gasteiger partial charge is 0.507 e. The Labute approximate surface area is 169 Å². The maximum atomic E-state index is 13.2. The van der Waals surface area contributed by atoms with E-state index in [1.807, 2.05) is 6.92 Å². The molecule has 2 aromatic rings. The van der Waals surface area contributed by atoms with Gasteiger partial charge in [0.05, 0.1) is 23.8 Å². The zero-order valence-corrected chi connectivity index (χ0v) is 16.8. The quantitative estimate of drug-likeness (QED) is 0.590. The second-order valence-electron chi connectivity index (χ2n) is 7.09. The minimum absolute atomic E-state index is 0.0153. The number of Topliss-reactive ketones (excluding diaryl/α,β-unsaturated/α-hetero) is 1. The molecule has 0 atom stereocenters. The average molecular weight is 396 g/mol. The molecule has 3 rings (SSSR count). The van der Waals surface area contributed by atoms with Gasteiger partial charge in [0.2, 0.25) is 5.78 Å². The zero-order valence-electron chi connectivity index (χ0n) is 16.8. The van der Waals surface area contributed by atoms with Gasteiger partial charge >= 0.3 is 0 Å². The van der Waals surface area contributed by atoms with Crippen LogP contribution in [0.25, 0.3) is 0 Å². The first-order valence-electron chi connectivity index (χ1n) is 9.74. The Kier molecular flexibility index (Phi) is 5.73. The van der Waals surface area contributed by atoms with E-state index in [9.17, 15) is 24.6 Å². The second-order valence-corrected chi connectivity index (χ2v) is 7.09. The van der Waals surface area contributed by atoms with Gasteiger partial charge in [-0.15, -0.1) is 0 Å². The third-order valence-corrected chi connectivity index (χ3v) is 5.38. The molecule has 0 bridgehead atoms. The Balaban J connectivity index is 2.27. The van der Waals surface area contributed by atoms with Gasteiger partial charge in [-0.05, 0) is 18.9 Å². The van der Waals surface area contributed by atoms with Gasteiger partial charge < -0.3 is 14.9 Å². The summed E-state index contributed by atoms with van der Waals surface area (Å²) in [5.41, 5.74) is 0.573. The highest BCUT2D eigenvalue weighted by molar-refractivity contribution is 6.31. The van der Waals surface area contributed by atoms with Crippen LogP contribution in [-0.4, -0.2) is 34.7 Å². The normalized spacial score (nSPS) is 12.5. The summed E-state index contributed by atoms with van der Waals surface area (Å²) in [4.78, 5) is 38.2. The van der Waals surface area contributed by atoms with E-state index >= 15 is 0 Å². The molecular formula is C23H24O6. The fraction of sp³-hybridized carbons (Fsp3) is 0.348. The predicted octanol–water partition coefficient (Wildman–Crippen LogP) is 3.75. The Morgan fingerprint density at radius 1 is 0.931 bits per heavy atom. The molecule has 2 aromatic carbocycles. The molecule has 2 N–H and O–H groups in total. The van der Waals surface area contributed by atoms with E-state index in [0.29, 0.717) is 30.4 Å². The molecule has 6 nitrogen and oxygen atoms in total. The van der Waals surface area contributed by atoms with Crippen LogP contribution in [0.2, 0.25) is 0 Å². The number of hydrogen-bond donors (Lipinski definition) is 2. The smallest absolute Gasteiger partial charge is 0.202 e. The fourth-order valence-electron chi connectivity index (χ4n) is 3.88. The summed E-state index contributed by atoms with van der Waals surface area (Å²) in [6.07, 6.45) is 1.81. The molecule has 6 heteroatoms. The highest BCUT2D eigenvalue weighted by Gasteiger charge is 2.39. The minimum Gasteiger partial charge on any atom is -0.507 e. The molecule has 0 radical (unpaired) electrons. The van der Waals surface area contributed by atoms with Gasteiger partial charge in [0, 0.05) is 29.5 Å². The molecule has 0 heterocycles. The molecule has 0 saturated heterocycles. The lowest BCUT2D eigenvalue weighted by Crippen LogP contribution is -2.23. The van der Waals surface area contributed by atoms with Crippen LogP contribution in [0.1, 0.15) is 76.1 Å². The van der Waals surface area contributed by atoms with Gasteiger partial charge in [0.15, 0.2) is 5.78 Å². The van der Waals surface area contributed by atoms with Crippen LogP contribution in [0, 0.1) is 0 Å². The number of phenolic OH excluding ortho intramolecular Hbond substituents is 2. The van der Waals surface area contributed by atoms with Gasteiger partial charge in [-0.3, -0.25) is 14.4 Å². The van der Waals surface area contributed by atoms with Crippen LogP contribution in [0.4, 0.5) is 0 Å². The van der Waals surface area contributed by atoms with E-state index in [1.54, 1.807) is 19.1 Å². The molecule has 0 aliphatic heterocycles. The summed E-state index contributed by atoms with van der Waals surface area (Å²) in [5.74, 6) is -1.48. The number of hydrogen-bond acceptors (Lipinski definition) is 6. The number of ketones is 3. The van der Waals surface area contributed by atoms with Crippen molar-refractivity contribution in [2.45, 2.75) is 46.0 Å². The maximum absolute atomic E-state index is 13.2. The van der Waals surface area contributed by atoms with E-state index in [-0.39, 0.29) is 58.1 Å². The van der Waals surface area contributed by atoms with Crippen molar-refractivity contribution < 1.29 is 29.3 Å². The molecule has 0 fully saturated rings. The van der Waals surface area contributed by atoms with Crippen LogP contribution in [0.5, 0.6) is 17.2 Å². The second kappa shape index (κ2) is 8.07. The van der Waals surface area contributed by atoms with Crippen LogP contribution >= 0.6 is 0 Å². The summed E-state index contributed by atoms with van der Waals surface area (Å²) >= 11 is 0. The van der Waals surface area contributed by atoms with Crippen molar-refractivity contribution in [2.75, 3.05) is 7.11 Å². The lowest BCUT2D eigenvalue weighted by atomic mass is 9.79. The minimum atomic E-state index is -0.562. The first-order valence-corrected chi connectivity index (χ1v) is 9.74. The summed E-state index contributed by atoms with van der Waals surface area (Å²) < 4.78 is 5.24. The van der Waals surface area contributed by atoms with Crippen LogP contribution in [-0.2, 0) is 17.6 Å². The molecule has 0 aromatic heterocycles. The third kappa shape index (κ3) is 3.28. The average Bonchev–Trinajstić information content (AvgIpc) is 2.73. The zero-order chi connectivity index (χ0) is 21.3. The van der Waals surface area contributed by atoms with Crippen molar-refractivity contribution in [3.63, 3.8) is 0 Å². The van der Waals surface area contributed by atoms with E-state index < -0.39 is 11.6 Å². The fourth-order valence-corrected chi connectivity index (χ4v) is 3.88. The van der Waals surface area contributed by atoms with Crippen LogP contribution in [0.15, 0.2) is 18.2 Å². The van der Waals surface area contributed by atoms with Gasteiger partial charge in [-0.2, -0.15) is 0 Å². The molecule has 0 spiro atoms. The van der Waals surface area contributed by atoms with Gasteiger partial charge in [0.1, 0.15) is 23.0 Å². The Morgan fingerprint density at radius 2 is 1.55 bits per heavy atom. The number of carbonyl (C=O) groups excluding carboxylic acids is 3. The lowest BCUT2D eigenvalue weighted by Gasteiger charge is -2.25. The Hall–Kier alpha value is -3.15. The molecule has 1 aliphatic rings. The maximum Gasteiger partial charge on any atom is 0.202 e. The number of fused-ring (bicyclic) bond motifs is 2. The lowest BCUT2D eigenvalue weighted by molar-refractivity contribution is -0.118. The third-order valence-electron chi connectivity index (χ3n) is 5.38. The number of ether oxygens (including phenoxy) is 1. The van der Waals surface area contributed by atoms with E-state index in [0.717, 1.165) is 0 Å². The van der Waals surface area contributed by atoms with E-state index in [1.165, 1.54) is 13.2 Å². The molecule has 0 unspecified atom stereocenters. The van der Waals surface area contributed by atoms with Crippen molar-refractivity contribution in [1.29, 1.82) is 0 Å². The molecule has 0 saturated carbocycles. The van der Waals surface area contributed by atoms with Gasteiger partial charge in [-0.1, -0.05) is 32.4 Å². The first-order chi connectivity index (χ1) is 13.9. The highest BCUT2D eigenvalue weighted by atomic mass is 16.5. The summed E-state index contributed by atoms with van der Waals surface area (Å²) in [6.45, 7) is 3.66. The summed E-state index contributed by atoms with van der Waals surface area (Å²) in [6, 6.07) is 4.67. The van der Waals surface area contributed by atoms with Crippen molar-refractivity contribution in [3.8, 4) is 17.2 Å². The monoisotopic (exact) mass is 396 g/mol. The van der Waals surface area contributed by atoms with Crippen LogP contribution < -0.4 is 4.74 Å². The Bertz CT molecular complexity index is 1020.